The van der Waals surface area contributed by atoms with Crippen molar-refractivity contribution in [1.29, 1.82) is 0 Å². The summed E-state index contributed by atoms with van der Waals surface area (Å²) in [6, 6.07) is 13.9. The minimum absolute atomic E-state index is 0. The fourth-order valence-electron chi connectivity index (χ4n) is 3.16. The quantitative estimate of drug-likeness (QED) is 0.546. The molecular weight excluding hydrogens is 372 g/mol. The molecule has 5 nitrogen and oxygen atoms in total. The summed E-state index contributed by atoms with van der Waals surface area (Å²) < 4.78 is 0. The van der Waals surface area contributed by atoms with Gasteiger partial charge in [0.25, 0.3) is 0 Å². The highest BCUT2D eigenvalue weighted by atomic mass is 35.5. The van der Waals surface area contributed by atoms with Gasteiger partial charge in [-0.05, 0) is 55.6 Å². The first-order chi connectivity index (χ1) is 13.0. The molecule has 0 unspecified atom stereocenters. The van der Waals surface area contributed by atoms with Gasteiger partial charge in [0, 0.05) is 54.8 Å². The van der Waals surface area contributed by atoms with Gasteiger partial charge in [0.15, 0.2) is 0 Å². The SMILES string of the molecule is CCN(CC)Cc1cc(Nc2ccnc3cc(N(C)C)ccc23)ccc1O.Cl. The van der Waals surface area contributed by atoms with Gasteiger partial charge >= 0.3 is 0 Å². The molecule has 0 saturated carbocycles. The standard InChI is InChI=1S/C22H28N4O.ClH/c1-5-26(6-2)15-16-13-17(7-10-22(16)27)24-20-11-12-23-21-14-18(25(3)4)8-9-19(20)21;/h7-14,27H,5-6,15H2,1-4H3,(H,23,24);1H. The van der Waals surface area contributed by atoms with E-state index in [1.54, 1.807) is 6.07 Å². The van der Waals surface area contributed by atoms with E-state index in [1.165, 1.54) is 0 Å². The van der Waals surface area contributed by atoms with Crippen LogP contribution < -0.4 is 10.2 Å². The number of rotatable bonds is 7. The van der Waals surface area contributed by atoms with Crippen LogP contribution in [0.1, 0.15) is 19.4 Å². The van der Waals surface area contributed by atoms with Crippen molar-refractivity contribution >= 4 is 40.4 Å². The fourth-order valence-corrected chi connectivity index (χ4v) is 3.16. The van der Waals surface area contributed by atoms with Gasteiger partial charge in [0.05, 0.1) is 5.52 Å². The smallest absolute Gasteiger partial charge is 0.120 e. The average molecular weight is 401 g/mol. The van der Waals surface area contributed by atoms with Gasteiger partial charge in [0.2, 0.25) is 0 Å². The summed E-state index contributed by atoms with van der Waals surface area (Å²) in [7, 11) is 4.05. The van der Waals surface area contributed by atoms with Crippen LogP contribution in [0.2, 0.25) is 0 Å². The maximum Gasteiger partial charge on any atom is 0.120 e. The third-order valence-corrected chi connectivity index (χ3v) is 4.89. The Morgan fingerprint density at radius 2 is 1.75 bits per heavy atom. The highest BCUT2D eigenvalue weighted by Gasteiger charge is 2.09. The molecule has 0 fully saturated rings. The minimum atomic E-state index is 0. The maximum absolute atomic E-state index is 10.2. The largest absolute Gasteiger partial charge is 0.508 e. The third kappa shape index (κ3) is 4.86. The first kappa shape index (κ1) is 21.8. The number of fused-ring (bicyclic) bond motifs is 1. The Morgan fingerprint density at radius 3 is 2.43 bits per heavy atom. The minimum Gasteiger partial charge on any atom is -0.508 e. The molecule has 28 heavy (non-hydrogen) atoms. The molecule has 0 aliphatic heterocycles. The molecule has 2 aromatic carbocycles. The van der Waals surface area contributed by atoms with Crippen LogP contribution in [0.5, 0.6) is 5.75 Å². The molecule has 0 amide bonds. The maximum atomic E-state index is 10.2. The van der Waals surface area contributed by atoms with Gasteiger partial charge < -0.3 is 15.3 Å². The molecule has 0 saturated heterocycles. The van der Waals surface area contributed by atoms with E-state index in [4.69, 9.17) is 0 Å². The molecular formula is C22H29ClN4O. The van der Waals surface area contributed by atoms with Crippen LogP contribution >= 0.6 is 12.4 Å². The Morgan fingerprint density at radius 1 is 1.00 bits per heavy atom. The average Bonchev–Trinajstić information content (AvgIpc) is 2.68. The predicted octanol–water partition coefficient (Wildman–Crippen LogP) is 5.01. The Bertz CT molecular complexity index is 926. The van der Waals surface area contributed by atoms with Gasteiger partial charge in [-0.2, -0.15) is 0 Å². The van der Waals surface area contributed by atoms with E-state index in [0.717, 1.165) is 53.2 Å². The zero-order valence-corrected chi connectivity index (χ0v) is 17.8. The number of phenols is 1. The second-order valence-corrected chi connectivity index (χ2v) is 6.88. The zero-order valence-electron chi connectivity index (χ0n) is 16.9. The monoisotopic (exact) mass is 400 g/mol. The highest BCUT2D eigenvalue weighted by molar-refractivity contribution is 5.94. The first-order valence-electron chi connectivity index (χ1n) is 9.39. The number of nitrogens with zero attached hydrogens (tertiary/aromatic N) is 3. The lowest BCUT2D eigenvalue weighted by Gasteiger charge is -2.19. The van der Waals surface area contributed by atoms with Crippen LogP contribution in [0.15, 0.2) is 48.7 Å². The summed E-state index contributed by atoms with van der Waals surface area (Å²) in [6.45, 7) is 6.91. The second kappa shape index (κ2) is 9.62. The van der Waals surface area contributed by atoms with E-state index >= 15 is 0 Å². The molecule has 3 rings (SSSR count). The molecule has 0 aliphatic carbocycles. The van der Waals surface area contributed by atoms with Crippen molar-refractivity contribution in [2.75, 3.05) is 37.4 Å². The van der Waals surface area contributed by atoms with Crippen molar-refractivity contribution in [3.63, 3.8) is 0 Å². The van der Waals surface area contributed by atoms with Crippen molar-refractivity contribution in [1.82, 2.24) is 9.88 Å². The predicted molar refractivity (Wildman–Crippen MR) is 121 cm³/mol. The van der Waals surface area contributed by atoms with Crippen LogP contribution in [-0.2, 0) is 6.54 Å². The van der Waals surface area contributed by atoms with E-state index in [9.17, 15) is 5.11 Å². The molecule has 1 heterocycles. The van der Waals surface area contributed by atoms with E-state index < -0.39 is 0 Å². The van der Waals surface area contributed by atoms with Crippen molar-refractivity contribution in [2.45, 2.75) is 20.4 Å². The van der Waals surface area contributed by atoms with E-state index in [0.29, 0.717) is 5.75 Å². The van der Waals surface area contributed by atoms with Gasteiger partial charge in [0.1, 0.15) is 5.75 Å². The molecule has 6 heteroatoms. The van der Waals surface area contributed by atoms with Gasteiger partial charge in [-0.15, -0.1) is 12.4 Å². The molecule has 0 atom stereocenters. The second-order valence-electron chi connectivity index (χ2n) is 6.88. The van der Waals surface area contributed by atoms with Crippen LogP contribution in [0, 0.1) is 0 Å². The topological polar surface area (TPSA) is 51.6 Å². The fraction of sp³-hybridized carbons (Fsp3) is 0.318. The number of aromatic nitrogens is 1. The number of benzene rings is 2. The summed E-state index contributed by atoms with van der Waals surface area (Å²) in [5.41, 5.74) is 4.97. The highest BCUT2D eigenvalue weighted by Crippen LogP contribution is 2.30. The summed E-state index contributed by atoms with van der Waals surface area (Å²) >= 11 is 0. The van der Waals surface area contributed by atoms with Gasteiger partial charge in [-0.3, -0.25) is 9.88 Å². The number of nitrogens with one attached hydrogen (secondary N) is 1. The molecule has 3 aromatic rings. The van der Waals surface area contributed by atoms with E-state index in [1.807, 2.05) is 38.5 Å². The summed E-state index contributed by atoms with van der Waals surface area (Å²) in [5.74, 6) is 0.336. The Balaban J connectivity index is 0.00000280. The van der Waals surface area contributed by atoms with Crippen molar-refractivity contribution in [2.24, 2.45) is 0 Å². The molecule has 0 spiro atoms. The number of hydrogen-bond acceptors (Lipinski definition) is 5. The molecule has 0 aliphatic rings. The van der Waals surface area contributed by atoms with Crippen LogP contribution in [-0.4, -0.2) is 42.2 Å². The first-order valence-corrected chi connectivity index (χ1v) is 9.39. The summed E-state index contributed by atoms with van der Waals surface area (Å²) in [4.78, 5) is 8.86. The number of phenolic OH excluding ortho intramolecular Hbond substituents is 1. The number of halogens is 1. The van der Waals surface area contributed by atoms with Crippen molar-refractivity contribution in [3.05, 3.63) is 54.2 Å². The Kier molecular flexibility index (Phi) is 7.49. The lowest BCUT2D eigenvalue weighted by Crippen LogP contribution is -2.22. The third-order valence-electron chi connectivity index (χ3n) is 4.89. The van der Waals surface area contributed by atoms with Crippen LogP contribution in [0.25, 0.3) is 10.9 Å². The number of aromatic hydroxyl groups is 1. The lowest BCUT2D eigenvalue weighted by atomic mass is 10.1. The zero-order chi connectivity index (χ0) is 19.4. The van der Waals surface area contributed by atoms with Crippen molar-refractivity contribution in [3.8, 4) is 5.75 Å². The van der Waals surface area contributed by atoms with E-state index in [2.05, 4.69) is 52.1 Å². The Hall–Kier alpha value is -2.50. The molecule has 150 valence electrons. The number of hydrogen-bond donors (Lipinski definition) is 2. The summed E-state index contributed by atoms with van der Waals surface area (Å²) in [5, 5.41) is 14.8. The van der Waals surface area contributed by atoms with Crippen molar-refractivity contribution < 1.29 is 5.11 Å². The normalized spacial score (nSPS) is 10.8. The van der Waals surface area contributed by atoms with Crippen LogP contribution in [0.4, 0.5) is 17.1 Å². The van der Waals surface area contributed by atoms with Gasteiger partial charge in [-0.25, -0.2) is 0 Å². The van der Waals surface area contributed by atoms with E-state index in [-0.39, 0.29) is 12.4 Å². The molecule has 0 bridgehead atoms. The Labute approximate surface area is 173 Å². The number of anilines is 3. The van der Waals surface area contributed by atoms with Crippen LogP contribution in [0.3, 0.4) is 0 Å². The number of pyridine rings is 1. The molecule has 2 N–H and O–H groups in total. The summed E-state index contributed by atoms with van der Waals surface area (Å²) in [6.07, 6.45) is 1.82. The van der Waals surface area contributed by atoms with Gasteiger partial charge in [-0.1, -0.05) is 13.8 Å². The molecule has 1 aromatic heterocycles. The lowest BCUT2D eigenvalue weighted by molar-refractivity contribution is 0.291. The molecule has 0 radical (unpaired) electrons.